The predicted molar refractivity (Wildman–Crippen MR) is 77.4 cm³/mol. The number of hydrogen-bond acceptors (Lipinski definition) is 2. The lowest BCUT2D eigenvalue weighted by Crippen LogP contribution is -2.12. The van der Waals surface area contributed by atoms with Gasteiger partial charge in [0.1, 0.15) is 5.82 Å². The second-order valence-corrected chi connectivity index (χ2v) is 4.96. The van der Waals surface area contributed by atoms with Gasteiger partial charge in [0.25, 0.3) is 5.91 Å². The molecule has 0 saturated heterocycles. The number of carbonyl (C=O) groups excluding carboxylic acids is 1. The summed E-state index contributed by atoms with van der Waals surface area (Å²) in [7, 11) is 0. The minimum absolute atomic E-state index is 0.310. The maximum Gasteiger partial charge on any atom is 0.255 e. The van der Waals surface area contributed by atoms with Gasteiger partial charge in [-0.05, 0) is 55.3 Å². The normalized spacial score (nSPS) is 13.8. The van der Waals surface area contributed by atoms with Gasteiger partial charge < -0.3 is 10.6 Å². The number of carbonyl (C=O) groups is 1. The molecule has 0 heterocycles. The zero-order chi connectivity index (χ0) is 13.9. The number of halogens is 1. The third-order valence-electron chi connectivity index (χ3n) is 3.18. The standard InChI is InChI=1S/C16H15FN2O/c17-12-3-1-2-11(10-12)16(20)19-15-8-6-14(7-9-15)18-13-4-5-13/h1-3,6-10,13,18H,4-5H2,(H,19,20). The van der Waals surface area contributed by atoms with Gasteiger partial charge in [0, 0.05) is 23.0 Å². The molecule has 2 aromatic rings. The molecule has 3 nitrogen and oxygen atoms in total. The van der Waals surface area contributed by atoms with Crippen LogP contribution in [0.4, 0.5) is 15.8 Å². The van der Waals surface area contributed by atoms with Crippen LogP contribution in [0.3, 0.4) is 0 Å². The van der Waals surface area contributed by atoms with Gasteiger partial charge in [0.15, 0.2) is 0 Å². The molecule has 1 aliphatic carbocycles. The molecule has 0 unspecified atom stereocenters. The molecule has 1 saturated carbocycles. The highest BCUT2D eigenvalue weighted by Crippen LogP contribution is 2.25. The molecule has 1 fully saturated rings. The Balaban J connectivity index is 1.65. The van der Waals surface area contributed by atoms with Crippen LogP contribution >= 0.6 is 0 Å². The van der Waals surface area contributed by atoms with Crippen LogP contribution in [0.1, 0.15) is 23.2 Å². The van der Waals surface area contributed by atoms with E-state index in [9.17, 15) is 9.18 Å². The first-order valence-electron chi connectivity index (χ1n) is 6.64. The Hall–Kier alpha value is -2.36. The molecule has 0 spiro atoms. The summed E-state index contributed by atoms with van der Waals surface area (Å²) in [6.07, 6.45) is 2.44. The van der Waals surface area contributed by atoms with Crippen LogP contribution in [-0.4, -0.2) is 11.9 Å². The molecule has 1 aliphatic rings. The summed E-state index contributed by atoms with van der Waals surface area (Å²) in [6.45, 7) is 0. The largest absolute Gasteiger partial charge is 0.382 e. The van der Waals surface area contributed by atoms with E-state index in [4.69, 9.17) is 0 Å². The third kappa shape index (κ3) is 3.15. The van der Waals surface area contributed by atoms with E-state index in [1.165, 1.54) is 31.0 Å². The topological polar surface area (TPSA) is 41.1 Å². The van der Waals surface area contributed by atoms with E-state index in [1.54, 1.807) is 6.07 Å². The highest BCUT2D eigenvalue weighted by molar-refractivity contribution is 6.04. The Morgan fingerprint density at radius 1 is 1.05 bits per heavy atom. The molecular formula is C16H15FN2O. The molecule has 20 heavy (non-hydrogen) atoms. The fourth-order valence-electron chi connectivity index (χ4n) is 1.95. The minimum atomic E-state index is -0.415. The number of amides is 1. The Kier molecular flexibility index (Phi) is 3.37. The summed E-state index contributed by atoms with van der Waals surface area (Å²) in [5.74, 6) is -0.728. The van der Waals surface area contributed by atoms with Crippen LogP contribution in [0.15, 0.2) is 48.5 Å². The maximum atomic E-state index is 13.1. The number of nitrogens with one attached hydrogen (secondary N) is 2. The number of hydrogen-bond donors (Lipinski definition) is 2. The minimum Gasteiger partial charge on any atom is -0.382 e. The molecule has 2 N–H and O–H groups in total. The van der Waals surface area contributed by atoms with Crippen LogP contribution < -0.4 is 10.6 Å². The highest BCUT2D eigenvalue weighted by atomic mass is 19.1. The summed E-state index contributed by atoms with van der Waals surface area (Å²) in [5, 5.41) is 6.12. The Morgan fingerprint density at radius 3 is 2.40 bits per heavy atom. The van der Waals surface area contributed by atoms with Crippen LogP contribution in [0.5, 0.6) is 0 Å². The second kappa shape index (κ2) is 5.33. The first kappa shape index (κ1) is 12.7. The summed E-state index contributed by atoms with van der Waals surface area (Å²) < 4.78 is 13.1. The molecule has 2 aromatic carbocycles. The van der Waals surface area contributed by atoms with E-state index < -0.39 is 5.82 Å². The molecule has 1 amide bonds. The molecule has 102 valence electrons. The van der Waals surface area contributed by atoms with Crippen molar-refractivity contribution >= 4 is 17.3 Å². The van der Waals surface area contributed by atoms with Crippen molar-refractivity contribution in [2.75, 3.05) is 10.6 Å². The van der Waals surface area contributed by atoms with E-state index in [0.29, 0.717) is 17.3 Å². The van der Waals surface area contributed by atoms with Crippen molar-refractivity contribution in [3.05, 3.63) is 59.9 Å². The maximum absolute atomic E-state index is 13.1. The van der Waals surface area contributed by atoms with Crippen molar-refractivity contribution in [2.24, 2.45) is 0 Å². The lowest BCUT2D eigenvalue weighted by molar-refractivity contribution is 0.102. The van der Waals surface area contributed by atoms with Crippen molar-refractivity contribution < 1.29 is 9.18 Å². The van der Waals surface area contributed by atoms with Gasteiger partial charge >= 0.3 is 0 Å². The zero-order valence-corrected chi connectivity index (χ0v) is 10.9. The van der Waals surface area contributed by atoms with Gasteiger partial charge in [0.05, 0.1) is 0 Å². The predicted octanol–water partition coefficient (Wildman–Crippen LogP) is 3.65. The van der Waals surface area contributed by atoms with Crippen LogP contribution in [0, 0.1) is 5.82 Å². The van der Waals surface area contributed by atoms with Crippen LogP contribution in [0.2, 0.25) is 0 Å². The monoisotopic (exact) mass is 270 g/mol. The smallest absolute Gasteiger partial charge is 0.255 e. The fraction of sp³-hybridized carbons (Fsp3) is 0.188. The highest BCUT2D eigenvalue weighted by Gasteiger charge is 2.20. The summed E-state index contributed by atoms with van der Waals surface area (Å²) in [4.78, 5) is 11.9. The van der Waals surface area contributed by atoms with Gasteiger partial charge in [-0.2, -0.15) is 0 Å². The van der Waals surface area contributed by atoms with Gasteiger partial charge in [-0.1, -0.05) is 6.07 Å². The van der Waals surface area contributed by atoms with Gasteiger partial charge in [-0.25, -0.2) is 4.39 Å². The summed E-state index contributed by atoms with van der Waals surface area (Å²) in [5.41, 5.74) is 2.06. The van der Waals surface area contributed by atoms with E-state index in [1.807, 2.05) is 24.3 Å². The molecule has 0 radical (unpaired) electrons. The van der Waals surface area contributed by atoms with Gasteiger partial charge in [-0.15, -0.1) is 0 Å². The second-order valence-electron chi connectivity index (χ2n) is 4.96. The quantitative estimate of drug-likeness (QED) is 0.890. The zero-order valence-electron chi connectivity index (χ0n) is 10.9. The fourth-order valence-corrected chi connectivity index (χ4v) is 1.95. The molecule has 4 heteroatoms. The van der Waals surface area contributed by atoms with Gasteiger partial charge in [0.2, 0.25) is 0 Å². The molecule has 0 atom stereocenters. The lowest BCUT2D eigenvalue weighted by atomic mass is 10.2. The van der Waals surface area contributed by atoms with Crippen molar-refractivity contribution in [3.8, 4) is 0 Å². The van der Waals surface area contributed by atoms with Gasteiger partial charge in [-0.3, -0.25) is 4.79 Å². The van der Waals surface area contributed by atoms with Crippen molar-refractivity contribution in [1.29, 1.82) is 0 Å². The Labute approximate surface area is 116 Å². The summed E-state index contributed by atoms with van der Waals surface area (Å²) in [6, 6.07) is 13.8. The Bertz CT molecular complexity index is 621. The van der Waals surface area contributed by atoms with E-state index in [0.717, 1.165) is 5.69 Å². The molecule has 0 aromatic heterocycles. The molecule has 0 aliphatic heterocycles. The molecule has 3 rings (SSSR count). The van der Waals surface area contributed by atoms with Crippen molar-refractivity contribution in [3.63, 3.8) is 0 Å². The Morgan fingerprint density at radius 2 is 1.75 bits per heavy atom. The number of benzene rings is 2. The van der Waals surface area contributed by atoms with Crippen molar-refractivity contribution in [1.82, 2.24) is 0 Å². The van der Waals surface area contributed by atoms with E-state index in [-0.39, 0.29) is 5.91 Å². The molecule has 0 bridgehead atoms. The third-order valence-corrected chi connectivity index (χ3v) is 3.18. The molecular weight excluding hydrogens is 255 g/mol. The SMILES string of the molecule is O=C(Nc1ccc(NC2CC2)cc1)c1cccc(F)c1. The van der Waals surface area contributed by atoms with Crippen LogP contribution in [0.25, 0.3) is 0 Å². The average Bonchev–Trinajstić information content (AvgIpc) is 3.25. The average molecular weight is 270 g/mol. The van der Waals surface area contributed by atoms with Crippen molar-refractivity contribution in [2.45, 2.75) is 18.9 Å². The summed E-state index contributed by atoms with van der Waals surface area (Å²) >= 11 is 0. The lowest BCUT2D eigenvalue weighted by Gasteiger charge is -2.08. The first-order chi connectivity index (χ1) is 9.70. The van der Waals surface area contributed by atoms with Crippen LogP contribution in [-0.2, 0) is 0 Å². The van der Waals surface area contributed by atoms with E-state index in [2.05, 4.69) is 10.6 Å². The van der Waals surface area contributed by atoms with E-state index >= 15 is 0 Å². The first-order valence-corrected chi connectivity index (χ1v) is 6.64. The number of rotatable bonds is 4. The number of anilines is 2.